The molecule has 4 aromatic rings. The highest BCUT2D eigenvalue weighted by Crippen LogP contribution is 2.37. The van der Waals surface area contributed by atoms with Crippen molar-refractivity contribution in [1.82, 2.24) is 5.43 Å². The molecule has 0 unspecified atom stereocenters. The third-order valence-electron chi connectivity index (χ3n) is 5.15. The first-order chi connectivity index (χ1) is 17.4. The van der Waals surface area contributed by atoms with Crippen LogP contribution in [-0.4, -0.2) is 30.1 Å². The van der Waals surface area contributed by atoms with Gasteiger partial charge in [-0.15, -0.1) is 0 Å². The van der Waals surface area contributed by atoms with Crippen molar-refractivity contribution in [2.24, 2.45) is 5.10 Å². The van der Waals surface area contributed by atoms with Crippen molar-refractivity contribution < 1.29 is 24.0 Å². The Labute approximate surface area is 213 Å². The van der Waals surface area contributed by atoms with E-state index in [9.17, 15) is 19.7 Å². The maximum absolute atomic E-state index is 13.0. The summed E-state index contributed by atoms with van der Waals surface area (Å²) in [5.41, 5.74) is 3.16. The number of methoxy groups -OCH3 is 1. The topological polar surface area (TPSA) is 120 Å². The number of ether oxygens (including phenoxy) is 2. The lowest BCUT2D eigenvalue weighted by Gasteiger charge is -2.13. The Hall–Kier alpha value is -4.57. The van der Waals surface area contributed by atoms with Gasteiger partial charge in [-0.1, -0.05) is 42.5 Å². The van der Waals surface area contributed by atoms with Crippen molar-refractivity contribution >= 4 is 50.5 Å². The van der Waals surface area contributed by atoms with Gasteiger partial charge in [-0.05, 0) is 56.5 Å². The molecule has 1 N–H and O–H groups in total. The minimum atomic E-state index is -0.610. The van der Waals surface area contributed by atoms with Gasteiger partial charge >= 0.3 is 5.97 Å². The molecule has 9 nitrogen and oxygen atoms in total. The number of carbonyl (C=O) groups excluding carboxylic acids is 2. The van der Waals surface area contributed by atoms with Crippen LogP contribution >= 0.6 is 15.9 Å². The first-order valence-corrected chi connectivity index (χ1v) is 11.3. The van der Waals surface area contributed by atoms with Gasteiger partial charge in [0, 0.05) is 17.7 Å². The predicted molar refractivity (Wildman–Crippen MR) is 138 cm³/mol. The van der Waals surface area contributed by atoms with Gasteiger partial charge in [0.05, 0.1) is 28.3 Å². The summed E-state index contributed by atoms with van der Waals surface area (Å²) in [6, 6.07) is 21.4. The molecule has 0 bridgehead atoms. The number of nitrogens with zero attached hydrogens (tertiary/aromatic N) is 2. The number of amides is 1. The Bertz CT molecular complexity index is 1510. The molecule has 0 saturated carbocycles. The summed E-state index contributed by atoms with van der Waals surface area (Å²) in [6.07, 6.45) is 1.36. The number of halogens is 1. The Kier molecular flexibility index (Phi) is 7.36. The number of nitro benzene ring substituents is 1. The molecule has 0 atom stereocenters. The summed E-state index contributed by atoms with van der Waals surface area (Å²) in [6.45, 7) is 0. The fourth-order valence-corrected chi connectivity index (χ4v) is 4.00. The van der Waals surface area contributed by atoms with E-state index in [1.165, 1.54) is 31.5 Å². The van der Waals surface area contributed by atoms with Crippen LogP contribution in [0.3, 0.4) is 0 Å². The third-order valence-corrected chi connectivity index (χ3v) is 5.74. The molecule has 10 heteroatoms. The second kappa shape index (κ2) is 10.8. The molecular formula is C26H18BrN3O6. The maximum Gasteiger partial charge on any atom is 0.344 e. The molecule has 0 heterocycles. The third kappa shape index (κ3) is 5.39. The fourth-order valence-electron chi connectivity index (χ4n) is 3.46. The molecule has 4 aromatic carbocycles. The normalized spacial score (nSPS) is 10.8. The average molecular weight is 548 g/mol. The SMILES string of the molecule is COc1cc(/C=N\NC(=O)c2cccc([N+](=O)[O-])c2)cc(Br)c1OC(=O)c1cccc2ccccc12. The van der Waals surface area contributed by atoms with E-state index in [2.05, 4.69) is 26.5 Å². The molecule has 36 heavy (non-hydrogen) atoms. The van der Waals surface area contributed by atoms with Crippen LogP contribution in [0.15, 0.2) is 88.4 Å². The number of fused-ring (bicyclic) bond motifs is 1. The zero-order valence-electron chi connectivity index (χ0n) is 18.8. The maximum atomic E-state index is 13.0. The molecule has 0 aromatic heterocycles. The summed E-state index contributed by atoms with van der Waals surface area (Å²) in [4.78, 5) is 35.5. The molecule has 0 radical (unpaired) electrons. The van der Waals surface area contributed by atoms with E-state index in [4.69, 9.17) is 9.47 Å². The van der Waals surface area contributed by atoms with Crippen LogP contribution < -0.4 is 14.9 Å². The molecule has 0 aliphatic carbocycles. The van der Waals surface area contributed by atoms with Crippen LogP contribution in [0.5, 0.6) is 11.5 Å². The number of hydrogen-bond donors (Lipinski definition) is 1. The number of benzene rings is 4. The first-order valence-electron chi connectivity index (χ1n) is 10.5. The highest BCUT2D eigenvalue weighted by atomic mass is 79.9. The number of non-ortho nitro benzene ring substituents is 1. The highest BCUT2D eigenvalue weighted by molar-refractivity contribution is 9.10. The molecular weight excluding hydrogens is 530 g/mol. The van der Waals surface area contributed by atoms with Crippen LogP contribution in [-0.2, 0) is 0 Å². The van der Waals surface area contributed by atoms with Gasteiger partial charge in [0.2, 0.25) is 0 Å². The number of esters is 1. The van der Waals surface area contributed by atoms with Gasteiger partial charge < -0.3 is 9.47 Å². The van der Waals surface area contributed by atoms with E-state index in [-0.39, 0.29) is 22.7 Å². The van der Waals surface area contributed by atoms with Crippen LogP contribution in [0.1, 0.15) is 26.3 Å². The predicted octanol–water partition coefficient (Wildman–Crippen LogP) is 5.50. The fraction of sp³-hybridized carbons (Fsp3) is 0.0385. The number of hydrazone groups is 1. The smallest absolute Gasteiger partial charge is 0.344 e. The zero-order valence-corrected chi connectivity index (χ0v) is 20.4. The van der Waals surface area contributed by atoms with Gasteiger partial charge in [0.1, 0.15) is 0 Å². The lowest BCUT2D eigenvalue weighted by atomic mass is 10.0. The summed E-state index contributed by atoms with van der Waals surface area (Å²) in [5.74, 6) is -0.698. The van der Waals surface area contributed by atoms with Gasteiger partial charge in [-0.2, -0.15) is 5.10 Å². The highest BCUT2D eigenvalue weighted by Gasteiger charge is 2.18. The van der Waals surface area contributed by atoms with E-state index < -0.39 is 16.8 Å². The monoisotopic (exact) mass is 547 g/mol. The van der Waals surface area contributed by atoms with Crippen molar-refractivity contribution in [2.45, 2.75) is 0 Å². The molecule has 0 saturated heterocycles. The minimum Gasteiger partial charge on any atom is -0.493 e. The summed E-state index contributed by atoms with van der Waals surface area (Å²) >= 11 is 3.40. The summed E-state index contributed by atoms with van der Waals surface area (Å²) in [7, 11) is 1.43. The van der Waals surface area contributed by atoms with Crippen molar-refractivity contribution in [3.63, 3.8) is 0 Å². The van der Waals surface area contributed by atoms with E-state index >= 15 is 0 Å². The van der Waals surface area contributed by atoms with E-state index in [0.717, 1.165) is 16.8 Å². The van der Waals surface area contributed by atoms with Crippen LogP contribution in [0.25, 0.3) is 10.8 Å². The molecule has 0 spiro atoms. The van der Waals surface area contributed by atoms with Crippen LogP contribution in [0.2, 0.25) is 0 Å². The number of nitro groups is 1. The van der Waals surface area contributed by atoms with Crippen molar-refractivity contribution in [3.05, 3.63) is 110 Å². The molecule has 4 rings (SSSR count). The lowest BCUT2D eigenvalue weighted by molar-refractivity contribution is -0.384. The van der Waals surface area contributed by atoms with Gasteiger partial charge in [0.15, 0.2) is 11.5 Å². The van der Waals surface area contributed by atoms with Gasteiger partial charge in [-0.25, -0.2) is 10.2 Å². The van der Waals surface area contributed by atoms with Crippen molar-refractivity contribution in [3.8, 4) is 11.5 Å². The van der Waals surface area contributed by atoms with E-state index in [1.54, 1.807) is 24.3 Å². The van der Waals surface area contributed by atoms with Crippen molar-refractivity contribution in [1.29, 1.82) is 0 Å². The Morgan fingerprint density at radius 1 is 1.03 bits per heavy atom. The first kappa shape index (κ1) is 24.6. The van der Waals surface area contributed by atoms with Crippen LogP contribution in [0.4, 0.5) is 5.69 Å². The number of rotatable bonds is 7. The molecule has 0 fully saturated rings. The van der Waals surface area contributed by atoms with Crippen LogP contribution in [0, 0.1) is 10.1 Å². The molecule has 0 aliphatic heterocycles. The van der Waals surface area contributed by atoms with E-state index in [1.807, 2.05) is 30.3 Å². The largest absolute Gasteiger partial charge is 0.493 e. The molecule has 0 aliphatic rings. The molecule has 1 amide bonds. The standard InChI is InChI=1S/C26H18BrN3O6/c1-35-23-13-16(15-28-29-25(31)18-8-4-9-19(14-18)30(33)34)12-22(27)24(23)36-26(32)21-11-5-7-17-6-2-3-10-20(17)21/h2-15H,1H3,(H,29,31)/b28-15-. The van der Waals surface area contributed by atoms with Gasteiger partial charge in [0.25, 0.3) is 11.6 Å². The number of hydrogen-bond acceptors (Lipinski definition) is 7. The zero-order chi connectivity index (χ0) is 25.7. The molecule has 180 valence electrons. The number of nitrogens with one attached hydrogen (secondary N) is 1. The second-order valence-corrected chi connectivity index (χ2v) is 8.31. The number of carbonyl (C=O) groups is 2. The summed E-state index contributed by atoms with van der Waals surface area (Å²) in [5, 5.41) is 16.5. The Morgan fingerprint density at radius 3 is 2.56 bits per heavy atom. The summed E-state index contributed by atoms with van der Waals surface area (Å²) < 4.78 is 11.5. The van der Waals surface area contributed by atoms with Gasteiger partial charge in [-0.3, -0.25) is 14.9 Å². The lowest BCUT2D eigenvalue weighted by Crippen LogP contribution is -2.17. The minimum absolute atomic E-state index is 0.0933. The quantitative estimate of drug-likeness (QED) is 0.107. The van der Waals surface area contributed by atoms with E-state index in [0.29, 0.717) is 15.6 Å². The Morgan fingerprint density at radius 2 is 1.78 bits per heavy atom. The average Bonchev–Trinajstić information content (AvgIpc) is 2.89. The van der Waals surface area contributed by atoms with Crippen molar-refractivity contribution in [2.75, 3.05) is 7.11 Å². The second-order valence-electron chi connectivity index (χ2n) is 7.46. The Balaban J connectivity index is 1.51.